The predicted octanol–water partition coefficient (Wildman–Crippen LogP) is 0.876. The van der Waals surface area contributed by atoms with Crippen LogP contribution in [-0.2, 0) is 4.79 Å². The van der Waals surface area contributed by atoms with Crippen LogP contribution in [0.2, 0.25) is 0 Å². The van der Waals surface area contributed by atoms with Crippen LogP contribution in [0.25, 0.3) is 0 Å². The molecule has 0 bridgehead atoms. The van der Waals surface area contributed by atoms with Crippen LogP contribution in [0.4, 0.5) is 0 Å². The second-order valence-corrected chi connectivity index (χ2v) is 3.32. The van der Waals surface area contributed by atoms with E-state index < -0.39 is 12.0 Å². The highest BCUT2D eigenvalue weighted by molar-refractivity contribution is 5.67. The van der Waals surface area contributed by atoms with Gasteiger partial charge in [-0.3, -0.25) is 4.79 Å². The van der Waals surface area contributed by atoms with Crippen LogP contribution in [0, 0.1) is 0 Å². The van der Waals surface area contributed by atoms with Crippen LogP contribution in [-0.4, -0.2) is 30.8 Å². The number of carboxylic acid groups (broad SMARTS) is 1. The number of carboxylic acids is 1. The number of methoxy groups -OCH3 is 1. The number of rotatable bonds is 6. The molecular formula is C11H15NO4. The molecule has 0 heterocycles. The molecule has 0 aliphatic rings. The Balaban J connectivity index is 2.50. The summed E-state index contributed by atoms with van der Waals surface area (Å²) >= 11 is 0. The molecule has 0 aliphatic carbocycles. The van der Waals surface area contributed by atoms with Crippen molar-refractivity contribution in [3.8, 4) is 11.5 Å². The molecule has 0 spiro atoms. The van der Waals surface area contributed by atoms with Gasteiger partial charge < -0.3 is 20.3 Å². The van der Waals surface area contributed by atoms with Gasteiger partial charge >= 0.3 is 5.97 Å². The Morgan fingerprint density at radius 2 is 2.06 bits per heavy atom. The zero-order chi connectivity index (χ0) is 12.0. The molecule has 5 nitrogen and oxygen atoms in total. The molecule has 1 unspecified atom stereocenters. The Hall–Kier alpha value is -1.75. The third-order valence-electron chi connectivity index (χ3n) is 1.96. The lowest BCUT2D eigenvalue weighted by molar-refractivity contribution is -0.137. The third kappa shape index (κ3) is 3.78. The van der Waals surface area contributed by atoms with Crippen molar-refractivity contribution in [1.82, 2.24) is 0 Å². The molecule has 1 aromatic rings. The van der Waals surface area contributed by atoms with Crippen LogP contribution < -0.4 is 15.2 Å². The Morgan fingerprint density at radius 1 is 1.44 bits per heavy atom. The SMILES string of the molecule is COc1ccccc1OCC(N)CC(=O)O. The number of nitrogens with two attached hydrogens (primary N) is 1. The van der Waals surface area contributed by atoms with E-state index in [9.17, 15) is 4.79 Å². The fourth-order valence-corrected chi connectivity index (χ4v) is 1.22. The standard InChI is InChI=1S/C11H15NO4/c1-15-9-4-2-3-5-10(9)16-7-8(12)6-11(13)14/h2-5,8H,6-7,12H2,1H3,(H,13,14). The first kappa shape index (κ1) is 12.3. The summed E-state index contributed by atoms with van der Waals surface area (Å²) in [5.74, 6) is 0.229. The number of carbonyl (C=O) groups is 1. The summed E-state index contributed by atoms with van der Waals surface area (Å²) in [6.45, 7) is 0.146. The van der Waals surface area contributed by atoms with Crippen molar-refractivity contribution in [3.05, 3.63) is 24.3 Å². The minimum absolute atomic E-state index is 0.116. The molecule has 16 heavy (non-hydrogen) atoms. The number of aliphatic carboxylic acids is 1. The molecule has 3 N–H and O–H groups in total. The zero-order valence-corrected chi connectivity index (χ0v) is 9.05. The number of para-hydroxylation sites is 2. The quantitative estimate of drug-likeness (QED) is 0.750. The highest BCUT2D eigenvalue weighted by atomic mass is 16.5. The molecule has 0 aromatic heterocycles. The average Bonchev–Trinajstić information content (AvgIpc) is 2.26. The minimum Gasteiger partial charge on any atom is -0.493 e. The number of hydrogen-bond acceptors (Lipinski definition) is 4. The van der Waals surface area contributed by atoms with Crippen LogP contribution in [0.3, 0.4) is 0 Å². The summed E-state index contributed by atoms with van der Waals surface area (Å²) < 4.78 is 10.5. The van der Waals surface area contributed by atoms with Gasteiger partial charge in [-0.15, -0.1) is 0 Å². The zero-order valence-electron chi connectivity index (χ0n) is 9.05. The Bertz CT molecular complexity index is 354. The second-order valence-electron chi connectivity index (χ2n) is 3.32. The van der Waals surface area contributed by atoms with Crippen molar-refractivity contribution < 1.29 is 19.4 Å². The summed E-state index contributed by atoms with van der Waals surface area (Å²) in [5, 5.41) is 8.52. The van der Waals surface area contributed by atoms with Gasteiger partial charge in [-0.1, -0.05) is 12.1 Å². The Morgan fingerprint density at radius 3 is 2.62 bits per heavy atom. The summed E-state index contributed by atoms with van der Waals surface area (Å²) in [6.07, 6.45) is -0.116. The van der Waals surface area contributed by atoms with Gasteiger partial charge in [0.1, 0.15) is 6.61 Å². The maximum absolute atomic E-state index is 10.4. The molecule has 88 valence electrons. The largest absolute Gasteiger partial charge is 0.493 e. The van der Waals surface area contributed by atoms with Gasteiger partial charge in [-0.2, -0.15) is 0 Å². The van der Waals surface area contributed by atoms with E-state index in [2.05, 4.69) is 0 Å². The van der Waals surface area contributed by atoms with Crippen molar-refractivity contribution in [2.24, 2.45) is 5.73 Å². The van der Waals surface area contributed by atoms with E-state index >= 15 is 0 Å². The van der Waals surface area contributed by atoms with Gasteiger partial charge in [0, 0.05) is 6.04 Å². The molecule has 1 atom stereocenters. The van der Waals surface area contributed by atoms with Crippen molar-refractivity contribution in [1.29, 1.82) is 0 Å². The van der Waals surface area contributed by atoms with E-state index in [0.29, 0.717) is 11.5 Å². The molecule has 0 aliphatic heterocycles. The van der Waals surface area contributed by atoms with Gasteiger partial charge in [-0.05, 0) is 12.1 Å². The summed E-state index contributed by atoms with van der Waals surface area (Å²) in [7, 11) is 1.54. The average molecular weight is 225 g/mol. The van der Waals surface area contributed by atoms with E-state index in [0.717, 1.165) is 0 Å². The number of hydrogen-bond donors (Lipinski definition) is 2. The van der Waals surface area contributed by atoms with E-state index in [1.807, 2.05) is 6.07 Å². The van der Waals surface area contributed by atoms with Crippen LogP contribution in [0.1, 0.15) is 6.42 Å². The van der Waals surface area contributed by atoms with E-state index in [1.165, 1.54) is 0 Å². The van der Waals surface area contributed by atoms with Crippen molar-refractivity contribution in [2.45, 2.75) is 12.5 Å². The number of ether oxygens (including phenoxy) is 2. The highest BCUT2D eigenvalue weighted by Gasteiger charge is 2.10. The minimum atomic E-state index is -0.934. The van der Waals surface area contributed by atoms with E-state index in [-0.39, 0.29) is 13.0 Å². The van der Waals surface area contributed by atoms with Crippen LogP contribution >= 0.6 is 0 Å². The lowest BCUT2D eigenvalue weighted by atomic mass is 10.2. The lowest BCUT2D eigenvalue weighted by Crippen LogP contribution is -2.30. The van der Waals surface area contributed by atoms with Gasteiger partial charge in [0.15, 0.2) is 11.5 Å². The molecule has 1 aromatic carbocycles. The Kier molecular flexibility index (Phi) is 4.60. The predicted molar refractivity (Wildman–Crippen MR) is 58.7 cm³/mol. The van der Waals surface area contributed by atoms with Gasteiger partial charge in [0.05, 0.1) is 13.5 Å². The molecule has 5 heteroatoms. The first-order valence-electron chi connectivity index (χ1n) is 4.86. The van der Waals surface area contributed by atoms with E-state index in [1.54, 1.807) is 25.3 Å². The maximum Gasteiger partial charge on any atom is 0.305 e. The second kappa shape index (κ2) is 5.97. The summed E-state index contributed by atoms with van der Waals surface area (Å²) in [4.78, 5) is 10.4. The normalized spacial score (nSPS) is 11.9. The van der Waals surface area contributed by atoms with Crippen LogP contribution in [0.15, 0.2) is 24.3 Å². The summed E-state index contributed by atoms with van der Waals surface area (Å²) in [6, 6.07) is 6.61. The van der Waals surface area contributed by atoms with Crippen molar-refractivity contribution >= 4 is 5.97 Å². The highest BCUT2D eigenvalue weighted by Crippen LogP contribution is 2.25. The van der Waals surface area contributed by atoms with E-state index in [4.69, 9.17) is 20.3 Å². The fourth-order valence-electron chi connectivity index (χ4n) is 1.22. The number of benzene rings is 1. The topological polar surface area (TPSA) is 81.8 Å². The molecular weight excluding hydrogens is 210 g/mol. The van der Waals surface area contributed by atoms with Gasteiger partial charge in [0.25, 0.3) is 0 Å². The van der Waals surface area contributed by atoms with Gasteiger partial charge in [-0.25, -0.2) is 0 Å². The third-order valence-corrected chi connectivity index (χ3v) is 1.96. The molecule has 0 saturated heterocycles. The smallest absolute Gasteiger partial charge is 0.305 e. The molecule has 0 amide bonds. The van der Waals surface area contributed by atoms with Crippen molar-refractivity contribution in [3.63, 3.8) is 0 Å². The molecule has 1 rings (SSSR count). The van der Waals surface area contributed by atoms with Gasteiger partial charge in [0.2, 0.25) is 0 Å². The molecule has 0 saturated carbocycles. The first-order chi connectivity index (χ1) is 7.63. The maximum atomic E-state index is 10.4. The lowest BCUT2D eigenvalue weighted by Gasteiger charge is -2.13. The fraction of sp³-hybridized carbons (Fsp3) is 0.364. The molecule has 0 fully saturated rings. The van der Waals surface area contributed by atoms with Crippen molar-refractivity contribution in [2.75, 3.05) is 13.7 Å². The van der Waals surface area contributed by atoms with Crippen LogP contribution in [0.5, 0.6) is 11.5 Å². The monoisotopic (exact) mass is 225 g/mol. The Labute approximate surface area is 93.8 Å². The molecule has 0 radical (unpaired) electrons. The summed E-state index contributed by atoms with van der Waals surface area (Å²) in [5.41, 5.74) is 5.57. The first-order valence-corrected chi connectivity index (χ1v) is 4.86.